The number of rotatable bonds is 5. The molecule has 1 aliphatic rings. The molecule has 1 aliphatic heterocycles. The van der Waals surface area contributed by atoms with Gasteiger partial charge in [-0.2, -0.15) is 0 Å². The molecule has 0 bridgehead atoms. The molecule has 2 heterocycles. The van der Waals surface area contributed by atoms with Crippen molar-refractivity contribution in [2.75, 3.05) is 11.9 Å². The number of nitrogens with zero attached hydrogens (tertiary/aromatic N) is 1. The van der Waals surface area contributed by atoms with E-state index in [2.05, 4.69) is 5.32 Å². The molecule has 0 saturated carbocycles. The number of thioether (sulfide) groups is 1. The Kier molecular flexibility index (Phi) is 5.19. The maximum atomic E-state index is 12.4. The highest BCUT2D eigenvalue weighted by molar-refractivity contribution is 8.26. The third-order valence-electron chi connectivity index (χ3n) is 3.42. The van der Waals surface area contributed by atoms with E-state index in [9.17, 15) is 14.4 Å². The highest BCUT2D eigenvalue weighted by Crippen LogP contribution is 2.32. The summed E-state index contributed by atoms with van der Waals surface area (Å²) in [6.07, 6.45) is 3.04. The van der Waals surface area contributed by atoms with Gasteiger partial charge >= 0.3 is 5.97 Å². The molecule has 1 saturated heterocycles. The average molecular weight is 388 g/mol. The first-order valence-corrected chi connectivity index (χ1v) is 8.59. The first-order valence-electron chi connectivity index (χ1n) is 7.37. The van der Waals surface area contributed by atoms with Crippen molar-refractivity contribution in [1.29, 1.82) is 0 Å². The highest BCUT2D eigenvalue weighted by Gasteiger charge is 2.33. The summed E-state index contributed by atoms with van der Waals surface area (Å²) in [5.41, 5.74) is 0.116. The molecule has 1 aromatic heterocycles. The smallest absolute Gasteiger partial charge is 0.337 e. The molecule has 0 spiro atoms. The highest BCUT2D eigenvalue weighted by atomic mass is 32.2. The Balaban J connectivity index is 1.71. The third kappa shape index (κ3) is 3.84. The van der Waals surface area contributed by atoms with E-state index in [4.69, 9.17) is 21.7 Å². The fourth-order valence-corrected chi connectivity index (χ4v) is 3.49. The van der Waals surface area contributed by atoms with Crippen molar-refractivity contribution in [3.63, 3.8) is 0 Å². The Bertz CT molecular complexity index is 921. The van der Waals surface area contributed by atoms with Crippen LogP contribution < -0.4 is 5.32 Å². The average Bonchev–Trinajstić information content (AvgIpc) is 3.19. The molecule has 1 aromatic carbocycles. The van der Waals surface area contributed by atoms with Gasteiger partial charge in [0.05, 0.1) is 22.4 Å². The summed E-state index contributed by atoms with van der Waals surface area (Å²) in [5, 5.41) is 11.6. The minimum atomic E-state index is -1.16. The van der Waals surface area contributed by atoms with E-state index in [-0.39, 0.29) is 22.1 Å². The standard InChI is InChI=1S/C17H12N2O5S2/c20-14(18-12-6-2-1-5-11(12)16(22)23)9-19-15(21)13(26-17(19)25)8-10-4-3-7-24-10/h1-8H,9H2,(H,18,20)(H,22,23)/b13-8-. The lowest BCUT2D eigenvalue weighted by atomic mass is 10.2. The number of carboxylic acid groups (broad SMARTS) is 1. The van der Waals surface area contributed by atoms with Crippen LogP contribution in [-0.2, 0) is 9.59 Å². The molecule has 9 heteroatoms. The second-order valence-corrected chi connectivity index (χ2v) is 6.86. The Morgan fingerprint density at radius 3 is 2.73 bits per heavy atom. The molecular formula is C17H12N2O5S2. The van der Waals surface area contributed by atoms with E-state index < -0.39 is 17.8 Å². The van der Waals surface area contributed by atoms with Crippen molar-refractivity contribution in [3.8, 4) is 0 Å². The number of aromatic carboxylic acids is 1. The summed E-state index contributed by atoms with van der Waals surface area (Å²) in [4.78, 5) is 37.4. The molecule has 2 aromatic rings. The number of amides is 2. The van der Waals surface area contributed by atoms with Crippen LogP contribution in [0.25, 0.3) is 6.08 Å². The van der Waals surface area contributed by atoms with Gasteiger partial charge in [0.1, 0.15) is 16.6 Å². The lowest BCUT2D eigenvalue weighted by Crippen LogP contribution is -2.36. The van der Waals surface area contributed by atoms with Gasteiger partial charge in [0.2, 0.25) is 5.91 Å². The largest absolute Gasteiger partial charge is 0.478 e. The van der Waals surface area contributed by atoms with Crippen molar-refractivity contribution < 1.29 is 23.9 Å². The van der Waals surface area contributed by atoms with Crippen LogP contribution in [0.5, 0.6) is 0 Å². The van der Waals surface area contributed by atoms with Gasteiger partial charge in [0.25, 0.3) is 5.91 Å². The van der Waals surface area contributed by atoms with Crippen molar-refractivity contribution in [2.45, 2.75) is 0 Å². The summed E-state index contributed by atoms with van der Waals surface area (Å²) in [5.74, 6) is -1.61. The summed E-state index contributed by atoms with van der Waals surface area (Å²) in [6, 6.07) is 9.41. The van der Waals surface area contributed by atoms with Crippen molar-refractivity contribution >= 4 is 57.8 Å². The molecule has 2 N–H and O–H groups in total. The van der Waals surface area contributed by atoms with E-state index in [0.29, 0.717) is 10.7 Å². The number of nitrogens with one attached hydrogen (secondary N) is 1. The maximum Gasteiger partial charge on any atom is 0.337 e. The van der Waals surface area contributed by atoms with Gasteiger partial charge in [-0.1, -0.05) is 36.1 Å². The monoisotopic (exact) mass is 388 g/mol. The normalized spacial score (nSPS) is 15.5. The molecule has 26 heavy (non-hydrogen) atoms. The van der Waals surface area contributed by atoms with Crippen LogP contribution in [0.2, 0.25) is 0 Å². The predicted octanol–water partition coefficient (Wildman–Crippen LogP) is 2.82. The summed E-state index contributed by atoms with van der Waals surface area (Å²) in [6.45, 7) is -0.311. The second-order valence-electron chi connectivity index (χ2n) is 5.18. The number of para-hydroxylation sites is 1. The minimum absolute atomic E-state index is 0.0380. The van der Waals surface area contributed by atoms with Crippen LogP contribution in [0.3, 0.4) is 0 Å². The van der Waals surface area contributed by atoms with E-state index in [1.807, 2.05) is 0 Å². The molecule has 1 fully saturated rings. The number of hydrogen-bond acceptors (Lipinski definition) is 6. The van der Waals surface area contributed by atoms with Gasteiger partial charge in [-0.05, 0) is 24.3 Å². The van der Waals surface area contributed by atoms with E-state index in [1.165, 1.54) is 18.4 Å². The lowest BCUT2D eigenvalue weighted by molar-refractivity contribution is -0.126. The predicted molar refractivity (Wildman–Crippen MR) is 101 cm³/mol. The van der Waals surface area contributed by atoms with Gasteiger partial charge in [-0.25, -0.2) is 4.79 Å². The first kappa shape index (κ1) is 17.9. The Morgan fingerprint density at radius 2 is 2.04 bits per heavy atom. The van der Waals surface area contributed by atoms with Crippen molar-refractivity contribution in [1.82, 2.24) is 4.90 Å². The maximum absolute atomic E-state index is 12.4. The number of carboxylic acids is 1. The molecule has 7 nitrogen and oxygen atoms in total. The SMILES string of the molecule is O=C(CN1C(=O)/C(=C/c2ccco2)SC1=S)Nc1ccccc1C(=O)O. The fraction of sp³-hybridized carbons (Fsp3) is 0.0588. The Morgan fingerprint density at radius 1 is 1.27 bits per heavy atom. The fourth-order valence-electron chi connectivity index (χ4n) is 2.25. The minimum Gasteiger partial charge on any atom is -0.478 e. The molecule has 132 valence electrons. The van der Waals surface area contributed by atoms with Crippen LogP contribution in [0.4, 0.5) is 5.69 Å². The van der Waals surface area contributed by atoms with Crippen LogP contribution >= 0.6 is 24.0 Å². The molecule has 3 rings (SSSR count). The molecule has 0 atom stereocenters. The number of hydrogen-bond donors (Lipinski definition) is 2. The second kappa shape index (κ2) is 7.54. The van der Waals surface area contributed by atoms with Crippen LogP contribution in [0.15, 0.2) is 52.0 Å². The van der Waals surface area contributed by atoms with Gasteiger partial charge in [-0.15, -0.1) is 0 Å². The number of carbonyl (C=O) groups is 3. The zero-order valence-corrected chi connectivity index (χ0v) is 14.8. The van der Waals surface area contributed by atoms with Crippen LogP contribution in [0.1, 0.15) is 16.1 Å². The Hall–Kier alpha value is -2.91. The molecular weight excluding hydrogens is 376 g/mol. The number of carbonyl (C=O) groups excluding carboxylic acids is 2. The Labute approximate surface area is 157 Å². The van der Waals surface area contributed by atoms with Gasteiger partial charge < -0.3 is 14.8 Å². The summed E-state index contributed by atoms with van der Waals surface area (Å²) < 4.78 is 5.42. The van der Waals surface area contributed by atoms with E-state index in [0.717, 1.165) is 16.7 Å². The first-order chi connectivity index (χ1) is 12.5. The topological polar surface area (TPSA) is 99.9 Å². The van der Waals surface area contributed by atoms with Gasteiger partial charge in [0.15, 0.2) is 0 Å². The number of anilines is 1. The molecule has 0 radical (unpaired) electrons. The van der Waals surface area contributed by atoms with Crippen LogP contribution in [0, 0.1) is 0 Å². The zero-order valence-electron chi connectivity index (χ0n) is 13.2. The van der Waals surface area contributed by atoms with Crippen molar-refractivity contribution in [3.05, 3.63) is 58.9 Å². The summed E-state index contributed by atoms with van der Waals surface area (Å²) >= 11 is 6.23. The summed E-state index contributed by atoms with van der Waals surface area (Å²) in [7, 11) is 0. The molecule has 2 amide bonds. The molecule has 0 aliphatic carbocycles. The van der Waals surface area contributed by atoms with Gasteiger partial charge in [0, 0.05) is 6.08 Å². The molecule has 0 unspecified atom stereocenters. The number of furan rings is 1. The lowest BCUT2D eigenvalue weighted by Gasteiger charge is -2.15. The third-order valence-corrected chi connectivity index (χ3v) is 4.80. The quantitative estimate of drug-likeness (QED) is 0.600. The van der Waals surface area contributed by atoms with Crippen LogP contribution in [-0.4, -0.2) is 38.7 Å². The number of benzene rings is 1. The number of thiocarbonyl (C=S) groups is 1. The van der Waals surface area contributed by atoms with Crippen molar-refractivity contribution in [2.24, 2.45) is 0 Å². The van der Waals surface area contributed by atoms with E-state index >= 15 is 0 Å². The van der Waals surface area contributed by atoms with E-state index in [1.54, 1.807) is 30.3 Å². The van der Waals surface area contributed by atoms with Gasteiger partial charge in [-0.3, -0.25) is 14.5 Å². The zero-order chi connectivity index (χ0) is 18.7.